The van der Waals surface area contributed by atoms with Crippen LogP contribution in [0.15, 0.2) is 57.6 Å². The van der Waals surface area contributed by atoms with E-state index in [1.54, 1.807) is 4.90 Å². The smallest absolute Gasteiger partial charge is 0.320 e. The number of carbonyl (C=O) groups excluding carboxylic acids is 1. The summed E-state index contributed by atoms with van der Waals surface area (Å²) in [6, 6.07) is 13.0. The number of carboxylic acids is 1. The van der Waals surface area contributed by atoms with Crippen LogP contribution in [0, 0.1) is 0 Å². The summed E-state index contributed by atoms with van der Waals surface area (Å²) >= 11 is 2.81. The number of para-hydroxylation sites is 1. The molecule has 0 saturated carbocycles. The van der Waals surface area contributed by atoms with Gasteiger partial charge in [-0.3, -0.25) is 19.4 Å². The lowest BCUT2D eigenvalue weighted by Crippen LogP contribution is -2.39. The second kappa shape index (κ2) is 9.46. The molecule has 170 valence electrons. The Morgan fingerprint density at radius 2 is 2.09 bits per heavy atom. The summed E-state index contributed by atoms with van der Waals surface area (Å²) < 4.78 is 5.94. The third-order valence-electron chi connectivity index (χ3n) is 5.85. The van der Waals surface area contributed by atoms with Gasteiger partial charge in [-0.15, -0.1) is 22.7 Å². The molecule has 0 bridgehead atoms. The van der Waals surface area contributed by atoms with Crippen LogP contribution < -0.4 is 4.90 Å². The molecule has 0 spiro atoms. The number of rotatable bonds is 8. The van der Waals surface area contributed by atoms with E-state index in [4.69, 9.17) is 9.40 Å². The molecule has 9 heteroatoms. The molecular formula is C24H23N3O4S2. The van der Waals surface area contributed by atoms with Crippen molar-refractivity contribution >= 4 is 50.7 Å². The number of furan rings is 1. The minimum atomic E-state index is -0.769. The maximum Gasteiger partial charge on any atom is 0.320 e. The van der Waals surface area contributed by atoms with Crippen molar-refractivity contribution in [2.24, 2.45) is 0 Å². The summed E-state index contributed by atoms with van der Waals surface area (Å²) in [7, 11) is 0. The normalized spacial score (nSPS) is 16.4. The minimum Gasteiger partial charge on any atom is -0.480 e. The molecule has 1 N–H and O–H groups in total. The molecule has 33 heavy (non-hydrogen) atoms. The highest BCUT2D eigenvalue weighted by atomic mass is 32.1. The Kier molecular flexibility index (Phi) is 6.26. The molecule has 0 radical (unpaired) electrons. The Bertz CT molecular complexity index is 1230. The monoisotopic (exact) mass is 481 g/mol. The number of carboxylic acid groups (broad SMARTS) is 1. The van der Waals surface area contributed by atoms with Crippen molar-refractivity contribution in [3.8, 4) is 11.5 Å². The molecule has 1 atom stereocenters. The molecule has 0 unspecified atom stereocenters. The van der Waals surface area contributed by atoms with Crippen LogP contribution in [0.3, 0.4) is 0 Å². The molecule has 1 aliphatic rings. The molecule has 1 aromatic carbocycles. The number of fused-ring (bicyclic) bond motifs is 1. The third kappa shape index (κ3) is 4.57. The van der Waals surface area contributed by atoms with Crippen LogP contribution in [-0.4, -0.2) is 52.5 Å². The zero-order valence-corrected chi connectivity index (χ0v) is 19.5. The Morgan fingerprint density at radius 1 is 1.21 bits per heavy atom. The van der Waals surface area contributed by atoms with Gasteiger partial charge in [-0.1, -0.05) is 24.3 Å². The predicted octanol–water partition coefficient (Wildman–Crippen LogP) is 5.20. The summed E-state index contributed by atoms with van der Waals surface area (Å²) in [5, 5.41) is 14.8. The van der Waals surface area contributed by atoms with Crippen molar-refractivity contribution in [3.05, 3.63) is 58.1 Å². The number of thiazole rings is 1. The van der Waals surface area contributed by atoms with Gasteiger partial charge >= 0.3 is 5.97 Å². The van der Waals surface area contributed by atoms with Gasteiger partial charge in [0.05, 0.1) is 4.88 Å². The highest BCUT2D eigenvalue weighted by Gasteiger charge is 2.30. The van der Waals surface area contributed by atoms with Crippen LogP contribution in [0.5, 0.6) is 0 Å². The molecule has 4 aromatic rings. The van der Waals surface area contributed by atoms with E-state index in [0.717, 1.165) is 23.9 Å². The first-order chi connectivity index (χ1) is 16.1. The van der Waals surface area contributed by atoms with Crippen molar-refractivity contribution in [3.63, 3.8) is 0 Å². The first kappa shape index (κ1) is 21.8. The topological polar surface area (TPSA) is 86.9 Å². The predicted molar refractivity (Wildman–Crippen MR) is 130 cm³/mol. The van der Waals surface area contributed by atoms with Gasteiger partial charge in [0.15, 0.2) is 10.9 Å². The summed E-state index contributed by atoms with van der Waals surface area (Å²) in [4.78, 5) is 33.8. The number of amides is 1. The average molecular weight is 482 g/mol. The number of hydrogen-bond acceptors (Lipinski definition) is 7. The molecule has 1 fully saturated rings. The lowest BCUT2D eigenvalue weighted by Gasteiger charge is -2.24. The Balaban J connectivity index is 1.35. The van der Waals surface area contributed by atoms with E-state index in [2.05, 4.69) is 0 Å². The molecule has 1 aliphatic heterocycles. The first-order valence-corrected chi connectivity index (χ1v) is 12.6. The largest absolute Gasteiger partial charge is 0.480 e. The van der Waals surface area contributed by atoms with Crippen LogP contribution in [0.25, 0.3) is 22.4 Å². The molecule has 7 nitrogen and oxygen atoms in total. The van der Waals surface area contributed by atoms with Crippen LogP contribution in [0.1, 0.15) is 28.9 Å². The van der Waals surface area contributed by atoms with Crippen molar-refractivity contribution in [1.82, 2.24) is 9.88 Å². The van der Waals surface area contributed by atoms with Gasteiger partial charge in [-0.2, -0.15) is 0 Å². The molecule has 1 amide bonds. The maximum absolute atomic E-state index is 13.3. The molecule has 1 saturated heterocycles. The van der Waals surface area contributed by atoms with E-state index >= 15 is 0 Å². The second-order valence-electron chi connectivity index (χ2n) is 7.98. The standard InChI is InChI=1S/C24H23N3O4S2/c28-22(21-9-4-13-32-21)27(12-5-11-26-10-3-7-18(26)23(29)30)24-25-17(15-33-24)20-14-16-6-1-2-8-19(16)31-20/h1-2,4,6,8-9,13-15,18H,3,5,7,10-12H2,(H,29,30)/t18-/m1/s1. The lowest BCUT2D eigenvalue weighted by atomic mass is 10.2. The first-order valence-electron chi connectivity index (χ1n) is 10.9. The van der Waals surface area contributed by atoms with Crippen LogP contribution in [-0.2, 0) is 4.79 Å². The summed E-state index contributed by atoms with van der Waals surface area (Å²) in [5.74, 6) is -0.190. The second-order valence-corrected chi connectivity index (χ2v) is 9.77. The maximum atomic E-state index is 13.3. The molecule has 3 aromatic heterocycles. The summed E-state index contributed by atoms with van der Waals surface area (Å²) in [6.07, 6.45) is 2.24. The summed E-state index contributed by atoms with van der Waals surface area (Å²) in [5.41, 5.74) is 1.49. The van der Waals surface area contributed by atoms with Crippen molar-refractivity contribution < 1.29 is 19.1 Å². The van der Waals surface area contributed by atoms with Crippen LogP contribution in [0.4, 0.5) is 5.13 Å². The van der Waals surface area contributed by atoms with E-state index in [1.165, 1.54) is 22.7 Å². The van der Waals surface area contributed by atoms with Gasteiger partial charge in [0, 0.05) is 23.9 Å². The Morgan fingerprint density at radius 3 is 2.88 bits per heavy atom. The van der Waals surface area contributed by atoms with E-state index < -0.39 is 12.0 Å². The fourth-order valence-electron chi connectivity index (χ4n) is 4.23. The van der Waals surface area contributed by atoms with Crippen LogP contribution >= 0.6 is 22.7 Å². The fraction of sp³-hybridized carbons (Fsp3) is 0.292. The van der Waals surface area contributed by atoms with Crippen LogP contribution in [0.2, 0.25) is 0 Å². The van der Waals surface area contributed by atoms with Gasteiger partial charge in [0.1, 0.15) is 17.3 Å². The van der Waals surface area contributed by atoms with Gasteiger partial charge in [-0.05, 0) is 49.4 Å². The zero-order chi connectivity index (χ0) is 22.8. The lowest BCUT2D eigenvalue weighted by molar-refractivity contribution is -0.142. The highest BCUT2D eigenvalue weighted by Crippen LogP contribution is 2.32. The Labute approximate surface area is 198 Å². The third-order valence-corrected chi connectivity index (χ3v) is 7.58. The van der Waals surface area contributed by atoms with E-state index in [-0.39, 0.29) is 5.91 Å². The molecule has 4 heterocycles. The van der Waals surface area contributed by atoms with Crippen molar-refractivity contribution in [2.45, 2.75) is 25.3 Å². The van der Waals surface area contributed by atoms with Gasteiger partial charge in [0.2, 0.25) is 0 Å². The van der Waals surface area contributed by atoms with Crippen molar-refractivity contribution in [2.75, 3.05) is 24.5 Å². The zero-order valence-electron chi connectivity index (χ0n) is 17.8. The molecular weight excluding hydrogens is 458 g/mol. The fourth-order valence-corrected chi connectivity index (χ4v) is 5.74. The minimum absolute atomic E-state index is 0.0910. The number of anilines is 1. The SMILES string of the molecule is O=C(O)[C@H]1CCCN1CCCN(C(=O)c1cccs1)c1nc(-c2cc3ccccc3o2)cs1. The van der Waals surface area contributed by atoms with Gasteiger partial charge in [-0.25, -0.2) is 4.98 Å². The number of nitrogens with zero attached hydrogens (tertiary/aromatic N) is 3. The number of benzene rings is 1. The number of thiophene rings is 1. The quantitative estimate of drug-likeness (QED) is 0.372. The van der Waals surface area contributed by atoms with E-state index in [1.807, 2.05) is 58.1 Å². The highest BCUT2D eigenvalue weighted by molar-refractivity contribution is 7.14. The number of aliphatic carboxylic acids is 1. The van der Waals surface area contributed by atoms with Crippen molar-refractivity contribution in [1.29, 1.82) is 0 Å². The molecule has 0 aliphatic carbocycles. The summed E-state index contributed by atoms with van der Waals surface area (Å²) in [6.45, 7) is 1.88. The van der Waals surface area contributed by atoms with E-state index in [9.17, 15) is 14.7 Å². The number of aromatic nitrogens is 1. The average Bonchev–Trinajstić information content (AvgIpc) is 3.62. The number of hydrogen-bond donors (Lipinski definition) is 1. The Hall–Kier alpha value is -3.01. The molecule has 5 rings (SSSR count). The van der Waals surface area contributed by atoms with E-state index in [0.29, 0.717) is 47.4 Å². The number of carbonyl (C=O) groups is 2. The van der Waals surface area contributed by atoms with Gasteiger partial charge in [0.25, 0.3) is 5.91 Å². The van der Waals surface area contributed by atoms with Gasteiger partial charge < -0.3 is 9.52 Å². The number of likely N-dealkylation sites (tertiary alicyclic amines) is 1.